The maximum absolute atomic E-state index is 13.1. The summed E-state index contributed by atoms with van der Waals surface area (Å²) >= 11 is 1.25. The number of rotatable bonds is 4. The fourth-order valence-corrected chi connectivity index (χ4v) is 2.42. The molecule has 0 radical (unpaired) electrons. The predicted molar refractivity (Wildman–Crippen MR) is 65.1 cm³/mol. The van der Waals surface area contributed by atoms with Gasteiger partial charge in [0.15, 0.2) is 0 Å². The first-order valence-corrected chi connectivity index (χ1v) is 6.15. The van der Waals surface area contributed by atoms with Crippen molar-refractivity contribution in [2.45, 2.75) is 19.3 Å². The fraction of sp³-hybridized carbons (Fsp3) is 0.250. The van der Waals surface area contributed by atoms with Crippen LogP contribution in [0.25, 0.3) is 0 Å². The summed E-state index contributed by atoms with van der Waals surface area (Å²) in [5.74, 6) is -2.13. The van der Waals surface area contributed by atoms with Gasteiger partial charge < -0.3 is 5.11 Å². The maximum Gasteiger partial charge on any atom is 0.313 e. The Balaban J connectivity index is 2.24. The molecule has 1 atom stereocenters. The second kappa shape index (κ2) is 5.22. The molecule has 1 aromatic heterocycles. The standard InChI is InChI=1S/C12H11FN2O2S/c1-7-14-15-11(18-7)10(12(16)17)6-8-3-2-4-9(13)5-8/h2-5,10H,6H2,1H3,(H,16,17). The molecule has 1 N–H and O–H groups in total. The van der Waals surface area contributed by atoms with Crippen molar-refractivity contribution in [3.8, 4) is 0 Å². The number of halogens is 1. The van der Waals surface area contributed by atoms with Crippen LogP contribution in [-0.2, 0) is 11.2 Å². The van der Waals surface area contributed by atoms with Crippen LogP contribution in [0.3, 0.4) is 0 Å². The Morgan fingerprint density at radius 2 is 2.28 bits per heavy atom. The van der Waals surface area contributed by atoms with E-state index in [0.29, 0.717) is 10.6 Å². The van der Waals surface area contributed by atoms with Crippen molar-refractivity contribution >= 4 is 17.3 Å². The molecule has 0 aliphatic heterocycles. The summed E-state index contributed by atoms with van der Waals surface area (Å²) in [6.07, 6.45) is 0.210. The van der Waals surface area contributed by atoms with E-state index in [1.807, 2.05) is 0 Å². The fourth-order valence-electron chi connectivity index (χ4n) is 1.63. The second-order valence-corrected chi connectivity index (χ2v) is 5.10. The highest BCUT2D eigenvalue weighted by atomic mass is 32.1. The van der Waals surface area contributed by atoms with Crippen LogP contribution < -0.4 is 0 Å². The lowest BCUT2D eigenvalue weighted by molar-refractivity contribution is -0.138. The summed E-state index contributed by atoms with van der Waals surface area (Å²) in [5, 5.41) is 18.0. The Hall–Kier alpha value is -1.82. The third-order valence-corrected chi connectivity index (χ3v) is 3.42. The minimum absolute atomic E-state index is 0.210. The van der Waals surface area contributed by atoms with Crippen LogP contribution in [0, 0.1) is 12.7 Å². The van der Waals surface area contributed by atoms with Crippen LogP contribution in [0.1, 0.15) is 21.5 Å². The van der Waals surface area contributed by atoms with Gasteiger partial charge in [-0.15, -0.1) is 21.5 Å². The van der Waals surface area contributed by atoms with Crippen molar-refractivity contribution in [2.75, 3.05) is 0 Å². The first kappa shape index (κ1) is 12.6. The van der Waals surface area contributed by atoms with Crippen molar-refractivity contribution in [1.29, 1.82) is 0 Å². The molecule has 1 aromatic carbocycles. The van der Waals surface area contributed by atoms with Crippen molar-refractivity contribution in [2.24, 2.45) is 0 Å². The number of aliphatic carboxylic acids is 1. The zero-order chi connectivity index (χ0) is 13.1. The monoisotopic (exact) mass is 266 g/mol. The van der Waals surface area contributed by atoms with Crippen LogP contribution >= 0.6 is 11.3 Å². The van der Waals surface area contributed by atoms with Gasteiger partial charge in [-0.2, -0.15) is 0 Å². The van der Waals surface area contributed by atoms with E-state index in [2.05, 4.69) is 10.2 Å². The predicted octanol–water partition coefficient (Wildman–Crippen LogP) is 2.40. The van der Waals surface area contributed by atoms with Gasteiger partial charge in [-0.3, -0.25) is 4.79 Å². The van der Waals surface area contributed by atoms with Crippen molar-refractivity contribution in [1.82, 2.24) is 10.2 Å². The van der Waals surface area contributed by atoms with Gasteiger partial charge in [-0.1, -0.05) is 12.1 Å². The number of benzene rings is 1. The quantitative estimate of drug-likeness (QED) is 0.923. The molecule has 0 saturated carbocycles. The molecule has 0 spiro atoms. The van der Waals surface area contributed by atoms with Crippen LogP contribution in [0.5, 0.6) is 0 Å². The molecular weight excluding hydrogens is 255 g/mol. The lowest BCUT2D eigenvalue weighted by Gasteiger charge is -2.08. The van der Waals surface area contributed by atoms with Gasteiger partial charge in [0.05, 0.1) is 0 Å². The average Bonchev–Trinajstić information content (AvgIpc) is 2.72. The summed E-state index contributed by atoms with van der Waals surface area (Å²) in [5.41, 5.74) is 0.634. The zero-order valence-electron chi connectivity index (χ0n) is 9.63. The molecule has 0 aliphatic carbocycles. The topological polar surface area (TPSA) is 63.1 Å². The first-order chi connectivity index (χ1) is 8.56. The molecule has 18 heavy (non-hydrogen) atoms. The third kappa shape index (κ3) is 2.89. The molecule has 4 nitrogen and oxygen atoms in total. The molecule has 0 fully saturated rings. The maximum atomic E-state index is 13.1. The van der Waals surface area contributed by atoms with Gasteiger partial charge in [0.1, 0.15) is 21.8 Å². The Kier molecular flexibility index (Phi) is 3.66. The van der Waals surface area contributed by atoms with Gasteiger partial charge in [0.2, 0.25) is 0 Å². The van der Waals surface area contributed by atoms with E-state index in [0.717, 1.165) is 5.01 Å². The molecule has 6 heteroatoms. The molecule has 0 aliphatic rings. The van der Waals surface area contributed by atoms with Gasteiger partial charge >= 0.3 is 5.97 Å². The van der Waals surface area contributed by atoms with Crippen LogP contribution in [-0.4, -0.2) is 21.3 Å². The van der Waals surface area contributed by atoms with Crippen molar-refractivity contribution in [3.63, 3.8) is 0 Å². The number of aryl methyl sites for hydroxylation is 1. The highest BCUT2D eigenvalue weighted by molar-refractivity contribution is 7.11. The normalized spacial score (nSPS) is 12.3. The molecule has 0 bridgehead atoms. The lowest BCUT2D eigenvalue weighted by Crippen LogP contribution is -2.14. The third-order valence-electron chi connectivity index (χ3n) is 2.47. The number of aromatic nitrogens is 2. The Morgan fingerprint density at radius 3 is 2.83 bits per heavy atom. The number of carbonyl (C=O) groups is 1. The number of nitrogens with zero attached hydrogens (tertiary/aromatic N) is 2. The Bertz CT molecular complexity index is 571. The number of hydrogen-bond donors (Lipinski definition) is 1. The Morgan fingerprint density at radius 1 is 1.50 bits per heavy atom. The molecular formula is C12H11FN2O2S. The van der Waals surface area contributed by atoms with E-state index in [4.69, 9.17) is 0 Å². The number of carboxylic acid groups (broad SMARTS) is 1. The highest BCUT2D eigenvalue weighted by Gasteiger charge is 2.24. The van der Waals surface area contributed by atoms with E-state index >= 15 is 0 Å². The van der Waals surface area contributed by atoms with Gasteiger partial charge in [-0.05, 0) is 31.0 Å². The molecule has 2 rings (SSSR count). The van der Waals surface area contributed by atoms with Gasteiger partial charge in [0, 0.05) is 0 Å². The zero-order valence-corrected chi connectivity index (χ0v) is 10.4. The Labute approximate surface area is 107 Å². The van der Waals surface area contributed by atoms with Crippen molar-refractivity contribution < 1.29 is 14.3 Å². The smallest absolute Gasteiger partial charge is 0.313 e. The van der Waals surface area contributed by atoms with E-state index in [9.17, 15) is 14.3 Å². The summed E-state index contributed by atoms with van der Waals surface area (Å²) < 4.78 is 13.1. The van der Waals surface area contributed by atoms with Crippen molar-refractivity contribution in [3.05, 3.63) is 45.7 Å². The minimum Gasteiger partial charge on any atom is -0.481 e. The molecule has 0 amide bonds. The minimum atomic E-state index is -0.976. The van der Waals surface area contributed by atoms with E-state index < -0.39 is 11.9 Å². The second-order valence-electron chi connectivity index (χ2n) is 3.88. The molecule has 94 valence electrons. The van der Waals surface area contributed by atoms with E-state index in [1.165, 1.54) is 23.5 Å². The largest absolute Gasteiger partial charge is 0.481 e. The summed E-state index contributed by atoms with van der Waals surface area (Å²) in [6.45, 7) is 1.77. The lowest BCUT2D eigenvalue weighted by atomic mass is 10.00. The summed E-state index contributed by atoms with van der Waals surface area (Å²) in [6, 6.07) is 5.93. The van der Waals surface area contributed by atoms with Crippen LogP contribution in [0.2, 0.25) is 0 Å². The molecule has 1 unspecified atom stereocenters. The summed E-state index contributed by atoms with van der Waals surface area (Å²) in [4.78, 5) is 11.2. The number of carboxylic acids is 1. The van der Waals surface area contributed by atoms with Crippen LogP contribution in [0.4, 0.5) is 4.39 Å². The first-order valence-electron chi connectivity index (χ1n) is 5.33. The highest BCUT2D eigenvalue weighted by Crippen LogP contribution is 2.24. The van der Waals surface area contributed by atoms with E-state index in [-0.39, 0.29) is 12.2 Å². The van der Waals surface area contributed by atoms with Gasteiger partial charge in [0.25, 0.3) is 0 Å². The number of hydrogen-bond acceptors (Lipinski definition) is 4. The molecule has 2 aromatic rings. The average molecular weight is 266 g/mol. The molecule has 0 saturated heterocycles. The SMILES string of the molecule is Cc1nnc(C(Cc2cccc(F)c2)C(=O)O)s1. The van der Waals surface area contributed by atoms with E-state index in [1.54, 1.807) is 19.1 Å². The van der Waals surface area contributed by atoms with Crippen LogP contribution in [0.15, 0.2) is 24.3 Å². The summed E-state index contributed by atoms with van der Waals surface area (Å²) in [7, 11) is 0. The van der Waals surface area contributed by atoms with Gasteiger partial charge in [-0.25, -0.2) is 4.39 Å². The molecule has 1 heterocycles.